The summed E-state index contributed by atoms with van der Waals surface area (Å²) in [7, 11) is 3.95. The number of ether oxygens (including phenoxy) is 1. The lowest BCUT2D eigenvalue weighted by Crippen LogP contribution is -2.44. The molecule has 2 aromatic carbocycles. The first kappa shape index (κ1) is 25.7. The fourth-order valence-corrected chi connectivity index (χ4v) is 5.36. The van der Waals surface area contributed by atoms with E-state index in [0.29, 0.717) is 16.6 Å². The molecule has 12 heteroatoms. The average molecular weight is 559 g/mol. The predicted octanol–water partition coefficient (Wildman–Crippen LogP) is 5.42. The Hall–Kier alpha value is -4.55. The number of urea groups is 1. The summed E-state index contributed by atoms with van der Waals surface area (Å²) in [5, 5.41) is 9.85. The molecule has 5 aromatic rings. The van der Waals surface area contributed by atoms with Gasteiger partial charge in [0, 0.05) is 69.0 Å². The molecule has 1 saturated heterocycles. The van der Waals surface area contributed by atoms with Gasteiger partial charge in [-0.3, -0.25) is 15.0 Å². The Labute approximate surface area is 234 Å². The summed E-state index contributed by atoms with van der Waals surface area (Å²) in [6, 6.07) is 13.2. The van der Waals surface area contributed by atoms with E-state index in [0.717, 1.165) is 47.6 Å². The Morgan fingerprint density at radius 3 is 2.60 bits per heavy atom. The van der Waals surface area contributed by atoms with Crippen molar-refractivity contribution < 1.29 is 13.9 Å². The maximum Gasteiger partial charge on any atom is 0.325 e. The number of aromatic nitrogens is 4. The van der Waals surface area contributed by atoms with E-state index in [1.807, 2.05) is 19.3 Å². The number of benzene rings is 2. The lowest BCUT2D eigenvalue weighted by molar-refractivity contribution is 0.262. The number of thiazole rings is 1. The molecule has 0 aliphatic carbocycles. The smallest absolute Gasteiger partial charge is 0.325 e. The maximum atomic E-state index is 14.8. The molecule has 0 bridgehead atoms. The number of fused-ring (bicyclic) bond motifs is 1. The minimum Gasteiger partial charge on any atom is -0.457 e. The number of piperazine rings is 1. The van der Waals surface area contributed by atoms with Crippen molar-refractivity contribution >= 4 is 44.1 Å². The van der Waals surface area contributed by atoms with Crippen LogP contribution < -0.4 is 20.3 Å². The fourth-order valence-electron chi connectivity index (χ4n) is 4.46. The lowest BCUT2D eigenvalue weighted by atomic mass is 10.2. The van der Waals surface area contributed by atoms with E-state index < -0.39 is 11.8 Å². The molecule has 2 N–H and O–H groups in total. The van der Waals surface area contributed by atoms with Gasteiger partial charge in [-0.1, -0.05) is 11.3 Å². The van der Waals surface area contributed by atoms with E-state index >= 15 is 0 Å². The second kappa shape index (κ2) is 10.9. The Balaban J connectivity index is 1.09. The van der Waals surface area contributed by atoms with Crippen LogP contribution in [-0.2, 0) is 7.05 Å². The predicted molar refractivity (Wildman–Crippen MR) is 155 cm³/mol. The van der Waals surface area contributed by atoms with Crippen LogP contribution in [0.25, 0.3) is 21.5 Å². The van der Waals surface area contributed by atoms with Crippen LogP contribution in [0, 0.1) is 5.82 Å². The zero-order valence-corrected chi connectivity index (χ0v) is 22.8. The van der Waals surface area contributed by atoms with Gasteiger partial charge >= 0.3 is 6.03 Å². The van der Waals surface area contributed by atoms with Crippen molar-refractivity contribution in [1.29, 1.82) is 0 Å². The largest absolute Gasteiger partial charge is 0.457 e. The van der Waals surface area contributed by atoms with Crippen LogP contribution in [0.3, 0.4) is 0 Å². The molecule has 0 spiro atoms. The zero-order valence-electron chi connectivity index (χ0n) is 22.0. The number of pyridine rings is 1. The minimum atomic E-state index is -0.629. The van der Waals surface area contributed by atoms with Gasteiger partial charge in [-0.25, -0.2) is 14.2 Å². The number of anilines is 3. The van der Waals surface area contributed by atoms with Crippen molar-refractivity contribution in [2.45, 2.75) is 0 Å². The molecule has 0 radical (unpaired) electrons. The number of halogens is 1. The van der Waals surface area contributed by atoms with Crippen molar-refractivity contribution in [2.75, 3.05) is 48.8 Å². The average Bonchev–Trinajstić information content (AvgIpc) is 3.56. The van der Waals surface area contributed by atoms with Crippen LogP contribution in [0.4, 0.5) is 25.7 Å². The van der Waals surface area contributed by atoms with Gasteiger partial charge < -0.3 is 19.9 Å². The monoisotopic (exact) mass is 558 g/mol. The van der Waals surface area contributed by atoms with Crippen molar-refractivity contribution in [3.05, 3.63) is 72.9 Å². The van der Waals surface area contributed by atoms with Crippen LogP contribution in [0.15, 0.2) is 67.1 Å². The van der Waals surface area contributed by atoms with Crippen molar-refractivity contribution in [2.24, 2.45) is 7.05 Å². The highest BCUT2D eigenvalue weighted by Gasteiger charge is 2.16. The SMILES string of the molecule is CN1CCN(c2ccc3nc(NC(=O)Nc4ccc(Oc5ccnc(-c6cnn(C)c6)c5)cc4F)sc3c2)CC1. The molecule has 0 unspecified atom stereocenters. The Bertz CT molecular complexity index is 1680. The van der Waals surface area contributed by atoms with Gasteiger partial charge in [0.15, 0.2) is 5.13 Å². The molecule has 10 nitrogen and oxygen atoms in total. The van der Waals surface area contributed by atoms with Crippen LogP contribution in [0.1, 0.15) is 0 Å². The van der Waals surface area contributed by atoms with Crippen molar-refractivity contribution in [3.63, 3.8) is 0 Å². The molecule has 0 saturated carbocycles. The van der Waals surface area contributed by atoms with E-state index in [2.05, 4.69) is 54.7 Å². The second-order valence-electron chi connectivity index (χ2n) is 9.56. The highest BCUT2D eigenvalue weighted by atomic mass is 32.1. The second-order valence-corrected chi connectivity index (χ2v) is 10.6. The van der Waals surface area contributed by atoms with Crippen LogP contribution in [-0.4, -0.2) is 63.9 Å². The van der Waals surface area contributed by atoms with Gasteiger partial charge in [-0.05, 0) is 43.4 Å². The Morgan fingerprint density at radius 2 is 1.82 bits per heavy atom. The van der Waals surface area contributed by atoms with Gasteiger partial charge in [-0.15, -0.1) is 0 Å². The number of hydrogen-bond donors (Lipinski definition) is 2. The van der Waals surface area contributed by atoms with E-state index in [1.165, 1.54) is 23.5 Å². The summed E-state index contributed by atoms with van der Waals surface area (Å²) in [6.45, 7) is 3.99. The first-order chi connectivity index (χ1) is 19.4. The third-order valence-corrected chi connectivity index (χ3v) is 7.55. The number of carbonyl (C=O) groups is 1. The summed E-state index contributed by atoms with van der Waals surface area (Å²) in [5.41, 5.74) is 3.49. The van der Waals surface area contributed by atoms with Crippen LogP contribution in [0.2, 0.25) is 0 Å². The molecular weight excluding hydrogens is 531 g/mol. The molecule has 2 amide bonds. The van der Waals surface area contributed by atoms with E-state index in [9.17, 15) is 9.18 Å². The lowest BCUT2D eigenvalue weighted by Gasteiger charge is -2.34. The number of hydrogen-bond acceptors (Lipinski definition) is 8. The van der Waals surface area contributed by atoms with E-state index in [4.69, 9.17) is 4.74 Å². The number of nitrogens with one attached hydrogen (secondary N) is 2. The molecule has 40 heavy (non-hydrogen) atoms. The Kier molecular flexibility index (Phi) is 7.01. The zero-order chi connectivity index (χ0) is 27.6. The molecule has 1 fully saturated rings. The van der Waals surface area contributed by atoms with E-state index in [-0.39, 0.29) is 11.4 Å². The molecule has 3 aromatic heterocycles. The Morgan fingerprint density at radius 1 is 1.00 bits per heavy atom. The van der Waals surface area contributed by atoms with Crippen LogP contribution in [0.5, 0.6) is 11.5 Å². The fraction of sp³-hybridized carbons (Fsp3) is 0.214. The first-order valence-corrected chi connectivity index (χ1v) is 13.6. The van der Waals surface area contributed by atoms with Crippen LogP contribution >= 0.6 is 11.3 Å². The highest BCUT2D eigenvalue weighted by molar-refractivity contribution is 7.22. The first-order valence-electron chi connectivity index (χ1n) is 12.7. The quantitative estimate of drug-likeness (QED) is 0.287. The number of likely N-dealkylation sites (N-methyl/N-ethyl adjacent to an activating group) is 1. The van der Waals surface area contributed by atoms with Gasteiger partial charge in [0.25, 0.3) is 0 Å². The van der Waals surface area contributed by atoms with Crippen molar-refractivity contribution in [3.8, 4) is 22.8 Å². The van der Waals surface area contributed by atoms with Crippen molar-refractivity contribution in [1.82, 2.24) is 24.6 Å². The molecular formula is C28H27FN8O2S. The summed E-state index contributed by atoms with van der Waals surface area (Å²) in [6.07, 6.45) is 5.17. The molecule has 6 rings (SSSR count). The number of rotatable bonds is 6. The molecule has 1 aliphatic heterocycles. The standard InChI is InChI=1S/C28H27FN8O2S/c1-35-9-11-37(12-10-35)19-3-5-24-26(13-19)40-28(33-24)34-27(38)32-23-6-4-20(14-22(23)29)39-21-7-8-30-25(15-21)18-16-31-36(2)17-18/h3-8,13-17H,9-12H2,1-2H3,(H2,32,33,34,38). The van der Waals surface area contributed by atoms with E-state index in [1.54, 1.807) is 35.3 Å². The summed E-state index contributed by atoms with van der Waals surface area (Å²) in [5.74, 6) is 0.155. The molecule has 204 valence electrons. The number of nitrogens with zero attached hydrogens (tertiary/aromatic N) is 6. The van der Waals surface area contributed by atoms with Gasteiger partial charge in [0.2, 0.25) is 0 Å². The van der Waals surface area contributed by atoms with Gasteiger partial charge in [0.05, 0.1) is 27.8 Å². The third kappa shape index (κ3) is 5.72. The molecule has 0 atom stereocenters. The topological polar surface area (TPSA) is 100 Å². The number of amides is 2. The highest BCUT2D eigenvalue weighted by Crippen LogP contribution is 2.31. The summed E-state index contributed by atoms with van der Waals surface area (Å²) in [4.78, 5) is 26.1. The normalized spacial score (nSPS) is 13.9. The third-order valence-electron chi connectivity index (χ3n) is 6.62. The number of carbonyl (C=O) groups excluding carboxylic acids is 1. The minimum absolute atomic E-state index is 0.0223. The molecule has 4 heterocycles. The maximum absolute atomic E-state index is 14.8. The van der Waals surface area contributed by atoms with Gasteiger partial charge in [-0.2, -0.15) is 5.10 Å². The number of aryl methyl sites for hydroxylation is 1. The summed E-state index contributed by atoms with van der Waals surface area (Å²) < 4.78 is 23.3. The summed E-state index contributed by atoms with van der Waals surface area (Å²) >= 11 is 1.38. The molecule has 1 aliphatic rings. The van der Waals surface area contributed by atoms with Gasteiger partial charge in [0.1, 0.15) is 17.3 Å².